The van der Waals surface area contributed by atoms with Crippen LogP contribution in [0.4, 0.5) is 5.69 Å². The van der Waals surface area contributed by atoms with Gasteiger partial charge in [-0.1, -0.05) is 13.8 Å². The second-order valence-corrected chi connectivity index (χ2v) is 2.80. The molecule has 0 heterocycles. The molecule has 16 heavy (non-hydrogen) atoms. The van der Waals surface area contributed by atoms with Gasteiger partial charge in [0, 0.05) is 0 Å². The van der Waals surface area contributed by atoms with E-state index in [9.17, 15) is 15.2 Å². The molecule has 0 bridgehead atoms. The van der Waals surface area contributed by atoms with Crippen LogP contribution in [0.1, 0.15) is 26.3 Å². The summed E-state index contributed by atoms with van der Waals surface area (Å²) < 4.78 is 5.08. The lowest BCUT2D eigenvalue weighted by Gasteiger charge is -2.06. The topological polar surface area (TPSA) is 72.6 Å². The van der Waals surface area contributed by atoms with Crippen molar-refractivity contribution in [3.8, 4) is 11.5 Å². The third-order valence-electron chi connectivity index (χ3n) is 1.77. The Balaban J connectivity index is 0.00000106. The van der Waals surface area contributed by atoms with Gasteiger partial charge in [0.05, 0.1) is 17.6 Å². The van der Waals surface area contributed by atoms with Crippen LogP contribution in [0, 0.1) is 17.0 Å². The minimum Gasteiger partial charge on any atom is -0.507 e. The molecule has 90 valence electrons. The van der Waals surface area contributed by atoms with Crippen LogP contribution in [-0.4, -0.2) is 16.6 Å². The van der Waals surface area contributed by atoms with Crippen molar-refractivity contribution in [3.05, 3.63) is 27.8 Å². The molecule has 0 unspecified atom stereocenters. The number of nitrogens with zero attached hydrogens (tertiary/aromatic N) is 1. The third kappa shape index (κ3) is 3.42. The van der Waals surface area contributed by atoms with Crippen molar-refractivity contribution in [2.45, 2.75) is 27.7 Å². The largest absolute Gasteiger partial charge is 0.507 e. The van der Waals surface area contributed by atoms with Crippen molar-refractivity contribution in [2.75, 3.05) is 6.61 Å². The smallest absolute Gasteiger partial charge is 0.314 e. The first kappa shape index (κ1) is 14.2. The van der Waals surface area contributed by atoms with E-state index in [2.05, 4.69) is 0 Å². The van der Waals surface area contributed by atoms with Crippen LogP contribution in [0.25, 0.3) is 0 Å². The number of nitro groups is 1. The van der Waals surface area contributed by atoms with Gasteiger partial charge in [-0.05, 0) is 25.5 Å². The van der Waals surface area contributed by atoms with Crippen molar-refractivity contribution in [2.24, 2.45) is 0 Å². The maximum Gasteiger partial charge on any atom is 0.314 e. The number of aromatic hydroxyl groups is 1. The summed E-state index contributed by atoms with van der Waals surface area (Å²) >= 11 is 0. The van der Waals surface area contributed by atoms with Gasteiger partial charge in [-0.25, -0.2) is 0 Å². The fraction of sp³-hybridized carbons (Fsp3) is 0.455. The summed E-state index contributed by atoms with van der Waals surface area (Å²) in [5.41, 5.74) is 0.342. The molecule has 0 spiro atoms. The van der Waals surface area contributed by atoms with Crippen LogP contribution in [0.3, 0.4) is 0 Å². The van der Waals surface area contributed by atoms with Crippen LogP contribution in [-0.2, 0) is 0 Å². The lowest BCUT2D eigenvalue weighted by Crippen LogP contribution is -1.97. The van der Waals surface area contributed by atoms with E-state index in [1.807, 2.05) is 13.8 Å². The summed E-state index contributed by atoms with van der Waals surface area (Å²) in [5, 5.41) is 19.9. The number of hydrogen-bond donors (Lipinski definition) is 1. The second kappa shape index (κ2) is 6.66. The highest BCUT2D eigenvalue weighted by atomic mass is 16.6. The third-order valence-corrected chi connectivity index (χ3v) is 1.77. The molecule has 0 fully saturated rings. The number of phenolic OH excluding ortho intramolecular Hbond substituents is 1. The number of nitro benzene ring substituents is 1. The van der Waals surface area contributed by atoms with Gasteiger partial charge in [0.25, 0.3) is 0 Å². The summed E-state index contributed by atoms with van der Waals surface area (Å²) in [7, 11) is 0. The summed E-state index contributed by atoms with van der Waals surface area (Å²) in [6, 6.07) is 2.55. The minimum absolute atomic E-state index is 0.0971. The molecule has 0 aliphatic rings. The SMILES string of the molecule is CC.CCOc1cc(C)c(O)cc1[N+](=O)[O-]. The molecule has 0 aliphatic carbocycles. The maximum atomic E-state index is 10.6. The van der Waals surface area contributed by atoms with Gasteiger partial charge in [-0.2, -0.15) is 0 Å². The van der Waals surface area contributed by atoms with Crippen molar-refractivity contribution in [1.29, 1.82) is 0 Å². The first-order valence-electron chi connectivity index (χ1n) is 5.17. The van der Waals surface area contributed by atoms with Gasteiger partial charge in [-0.15, -0.1) is 0 Å². The predicted octanol–water partition coefficient (Wildman–Crippen LogP) is 3.03. The van der Waals surface area contributed by atoms with Crippen LogP contribution < -0.4 is 4.74 Å². The zero-order chi connectivity index (χ0) is 12.7. The van der Waals surface area contributed by atoms with Crippen LogP contribution in [0.2, 0.25) is 0 Å². The molecule has 0 aromatic heterocycles. The number of aryl methyl sites for hydroxylation is 1. The Labute approximate surface area is 94.8 Å². The number of ether oxygens (including phenoxy) is 1. The van der Waals surface area contributed by atoms with Crippen molar-refractivity contribution in [1.82, 2.24) is 0 Å². The molecule has 1 N–H and O–H groups in total. The Morgan fingerprint density at radius 3 is 2.44 bits per heavy atom. The van der Waals surface area contributed by atoms with Crippen molar-refractivity contribution >= 4 is 5.69 Å². The number of phenols is 1. The summed E-state index contributed by atoms with van der Waals surface area (Å²) in [6.07, 6.45) is 0. The van der Waals surface area contributed by atoms with E-state index in [4.69, 9.17) is 4.74 Å². The highest BCUT2D eigenvalue weighted by molar-refractivity contribution is 5.54. The van der Waals surface area contributed by atoms with Crippen LogP contribution >= 0.6 is 0 Å². The molecule has 1 aromatic carbocycles. The summed E-state index contributed by atoms with van der Waals surface area (Å²) in [4.78, 5) is 10.00. The Bertz CT molecular complexity index is 363. The molecular weight excluding hydrogens is 210 g/mol. The van der Waals surface area contributed by atoms with Gasteiger partial charge in [0.2, 0.25) is 0 Å². The van der Waals surface area contributed by atoms with E-state index in [1.165, 1.54) is 6.07 Å². The molecule has 0 saturated heterocycles. The fourth-order valence-electron chi connectivity index (χ4n) is 1.07. The molecule has 0 atom stereocenters. The molecule has 0 saturated carbocycles. The summed E-state index contributed by atoms with van der Waals surface area (Å²) in [6.45, 7) is 7.75. The monoisotopic (exact) mass is 227 g/mol. The Morgan fingerprint density at radius 1 is 1.44 bits per heavy atom. The highest BCUT2D eigenvalue weighted by Crippen LogP contribution is 2.33. The molecule has 0 radical (unpaired) electrons. The quantitative estimate of drug-likeness (QED) is 0.636. The zero-order valence-electron chi connectivity index (χ0n) is 9.98. The van der Waals surface area contributed by atoms with Gasteiger partial charge in [0.15, 0.2) is 5.75 Å². The number of hydrogen-bond acceptors (Lipinski definition) is 4. The fourth-order valence-corrected chi connectivity index (χ4v) is 1.07. The van der Waals surface area contributed by atoms with Crippen LogP contribution in [0.5, 0.6) is 11.5 Å². The van der Waals surface area contributed by atoms with E-state index in [-0.39, 0.29) is 17.2 Å². The molecule has 0 aliphatic heterocycles. The van der Waals surface area contributed by atoms with Gasteiger partial charge >= 0.3 is 5.69 Å². The van der Waals surface area contributed by atoms with Crippen molar-refractivity contribution in [3.63, 3.8) is 0 Å². The molecule has 5 heteroatoms. The summed E-state index contributed by atoms with van der Waals surface area (Å²) in [5.74, 6) is 0.0907. The predicted molar refractivity (Wildman–Crippen MR) is 62.0 cm³/mol. The van der Waals surface area contributed by atoms with Gasteiger partial charge < -0.3 is 9.84 Å². The van der Waals surface area contributed by atoms with E-state index in [0.717, 1.165) is 6.07 Å². The van der Waals surface area contributed by atoms with Crippen molar-refractivity contribution < 1.29 is 14.8 Å². The average Bonchev–Trinajstić information content (AvgIpc) is 2.26. The average molecular weight is 227 g/mol. The highest BCUT2D eigenvalue weighted by Gasteiger charge is 2.17. The normalized spacial score (nSPS) is 9.00. The van der Waals surface area contributed by atoms with E-state index < -0.39 is 4.92 Å². The van der Waals surface area contributed by atoms with E-state index in [1.54, 1.807) is 13.8 Å². The number of rotatable bonds is 3. The van der Waals surface area contributed by atoms with E-state index in [0.29, 0.717) is 12.2 Å². The lowest BCUT2D eigenvalue weighted by atomic mass is 10.2. The van der Waals surface area contributed by atoms with Crippen LogP contribution in [0.15, 0.2) is 12.1 Å². The van der Waals surface area contributed by atoms with E-state index >= 15 is 0 Å². The molecular formula is C11H17NO4. The first-order valence-corrected chi connectivity index (χ1v) is 5.17. The molecule has 1 rings (SSSR count). The lowest BCUT2D eigenvalue weighted by molar-refractivity contribution is -0.385. The Hall–Kier alpha value is -1.78. The Morgan fingerprint density at radius 2 is 2.00 bits per heavy atom. The maximum absolute atomic E-state index is 10.6. The minimum atomic E-state index is -0.579. The molecule has 5 nitrogen and oxygen atoms in total. The van der Waals surface area contributed by atoms with Gasteiger partial charge in [-0.3, -0.25) is 10.1 Å². The molecule has 0 amide bonds. The second-order valence-electron chi connectivity index (χ2n) is 2.80. The zero-order valence-corrected chi connectivity index (χ0v) is 9.98. The standard InChI is InChI=1S/C9H11NO4.C2H6/c1-3-14-9-4-6(2)8(11)5-7(9)10(12)13;1-2/h4-5,11H,3H2,1-2H3;1-2H3. The number of benzene rings is 1. The van der Waals surface area contributed by atoms with Gasteiger partial charge in [0.1, 0.15) is 5.75 Å². The Kier molecular flexibility index (Phi) is 5.92. The molecule has 1 aromatic rings. The first-order chi connectivity index (χ1) is 7.56.